The molecule has 0 saturated carbocycles. The summed E-state index contributed by atoms with van der Waals surface area (Å²) in [6.45, 7) is 12.3. The molecule has 0 aromatic rings. The van der Waals surface area contributed by atoms with Gasteiger partial charge in [-0.15, -0.1) is 6.58 Å². The Morgan fingerprint density at radius 2 is 1.94 bits per heavy atom. The minimum atomic E-state index is -0.0197. The topological polar surface area (TPSA) is 49.6 Å². The predicted octanol–water partition coefficient (Wildman–Crippen LogP) is 0.690. The van der Waals surface area contributed by atoms with Crippen LogP contribution in [0.25, 0.3) is 0 Å². The van der Waals surface area contributed by atoms with E-state index >= 15 is 0 Å². The zero-order chi connectivity index (χ0) is 12.8. The number of nitrogens with two attached hydrogens (primary N) is 1. The lowest BCUT2D eigenvalue weighted by atomic mass is 10.0. The van der Waals surface area contributed by atoms with Gasteiger partial charge in [0.25, 0.3) is 0 Å². The Kier molecular flexibility index (Phi) is 5.65. The van der Waals surface area contributed by atoms with E-state index in [-0.39, 0.29) is 11.9 Å². The largest absolute Gasteiger partial charge is 0.340 e. The highest BCUT2D eigenvalue weighted by Crippen LogP contribution is 2.08. The Bertz CT molecular complexity index is 257. The first-order valence-corrected chi connectivity index (χ1v) is 6.41. The maximum atomic E-state index is 12.0. The molecular weight excluding hydrogens is 214 g/mol. The lowest BCUT2D eigenvalue weighted by Crippen LogP contribution is -2.49. The summed E-state index contributed by atoms with van der Waals surface area (Å²) in [7, 11) is 0. The highest BCUT2D eigenvalue weighted by molar-refractivity contribution is 5.77. The van der Waals surface area contributed by atoms with Gasteiger partial charge in [-0.2, -0.15) is 0 Å². The van der Waals surface area contributed by atoms with E-state index in [0.29, 0.717) is 12.3 Å². The lowest BCUT2D eigenvalue weighted by Gasteiger charge is -2.34. The van der Waals surface area contributed by atoms with Crippen LogP contribution in [0.3, 0.4) is 0 Å². The van der Waals surface area contributed by atoms with Gasteiger partial charge in [-0.05, 0) is 5.92 Å². The third kappa shape index (κ3) is 4.48. The maximum absolute atomic E-state index is 12.0. The van der Waals surface area contributed by atoms with Crippen LogP contribution < -0.4 is 5.73 Å². The molecule has 4 nitrogen and oxygen atoms in total. The highest BCUT2D eigenvalue weighted by atomic mass is 16.2. The van der Waals surface area contributed by atoms with Crippen molar-refractivity contribution in [1.29, 1.82) is 0 Å². The molecule has 0 radical (unpaired) electrons. The van der Waals surface area contributed by atoms with Crippen LogP contribution in [0.1, 0.15) is 20.3 Å². The van der Waals surface area contributed by atoms with Gasteiger partial charge in [-0.1, -0.05) is 19.9 Å². The Labute approximate surface area is 104 Å². The second-order valence-corrected chi connectivity index (χ2v) is 5.08. The molecule has 0 spiro atoms. The smallest absolute Gasteiger partial charge is 0.224 e. The van der Waals surface area contributed by atoms with Crippen LogP contribution in [0.4, 0.5) is 0 Å². The van der Waals surface area contributed by atoms with Crippen molar-refractivity contribution in [3.63, 3.8) is 0 Å². The summed E-state index contributed by atoms with van der Waals surface area (Å²) in [6.07, 6.45) is 2.38. The number of hydrogen-bond acceptors (Lipinski definition) is 3. The van der Waals surface area contributed by atoms with Crippen molar-refractivity contribution < 1.29 is 4.79 Å². The average molecular weight is 239 g/mol. The molecule has 1 aliphatic rings. The average Bonchev–Trinajstić information content (AvgIpc) is 2.30. The molecule has 0 bridgehead atoms. The predicted molar refractivity (Wildman–Crippen MR) is 70.6 cm³/mol. The molecule has 2 N–H and O–H groups in total. The Morgan fingerprint density at radius 3 is 2.41 bits per heavy atom. The molecule has 17 heavy (non-hydrogen) atoms. The lowest BCUT2D eigenvalue weighted by molar-refractivity contribution is -0.133. The number of piperazine rings is 1. The molecule has 1 rings (SSSR count). The van der Waals surface area contributed by atoms with Gasteiger partial charge >= 0.3 is 0 Å². The molecule has 1 fully saturated rings. The van der Waals surface area contributed by atoms with Gasteiger partial charge in [-0.3, -0.25) is 9.69 Å². The number of amides is 1. The van der Waals surface area contributed by atoms with Gasteiger partial charge in [0.2, 0.25) is 5.91 Å². The van der Waals surface area contributed by atoms with E-state index < -0.39 is 0 Å². The summed E-state index contributed by atoms with van der Waals surface area (Å²) >= 11 is 0. The van der Waals surface area contributed by atoms with Gasteiger partial charge in [-0.25, -0.2) is 0 Å². The van der Waals surface area contributed by atoms with E-state index in [1.54, 1.807) is 0 Å². The normalized spacial score (nSPS) is 19.4. The minimum absolute atomic E-state index is 0.0197. The molecule has 4 heteroatoms. The van der Waals surface area contributed by atoms with E-state index in [4.69, 9.17) is 5.73 Å². The second kappa shape index (κ2) is 6.77. The molecule has 98 valence electrons. The summed E-state index contributed by atoms with van der Waals surface area (Å²) in [6, 6.07) is -0.0197. The Balaban J connectivity index is 2.33. The van der Waals surface area contributed by atoms with Crippen molar-refractivity contribution >= 4 is 5.91 Å². The fourth-order valence-electron chi connectivity index (χ4n) is 1.93. The van der Waals surface area contributed by atoms with Crippen LogP contribution in [0.2, 0.25) is 0 Å². The van der Waals surface area contributed by atoms with Gasteiger partial charge in [0, 0.05) is 45.2 Å². The molecule has 1 unspecified atom stereocenters. The number of carbonyl (C=O) groups is 1. The molecule has 0 aliphatic carbocycles. The van der Waals surface area contributed by atoms with Gasteiger partial charge in [0.1, 0.15) is 0 Å². The molecule has 1 aliphatic heterocycles. The molecule has 1 saturated heterocycles. The van der Waals surface area contributed by atoms with Gasteiger partial charge in [0.15, 0.2) is 0 Å². The summed E-state index contributed by atoms with van der Waals surface area (Å²) in [5.74, 6) is 0.561. The Morgan fingerprint density at radius 1 is 1.35 bits per heavy atom. The quantitative estimate of drug-likeness (QED) is 0.718. The number of carbonyl (C=O) groups excluding carboxylic acids is 1. The number of nitrogens with zero attached hydrogens (tertiary/aromatic N) is 2. The van der Waals surface area contributed by atoms with Crippen molar-refractivity contribution in [3.05, 3.63) is 12.7 Å². The minimum Gasteiger partial charge on any atom is -0.340 e. The number of rotatable bonds is 5. The van der Waals surface area contributed by atoms with Crippen LogP contribution in [0.15, 0.2) is 12.7 Å². The summed E-state index contributed by atoms with van der Waals surface area (Å²) in [5, 5.41) is 0. The zero-order valence-corrected chi connectivity index (χ0v) is 11.1. The van der Waals surface area contributed by atoms with Crippen molar-refractivity contribution in [2.75, 3.05) is 32.7 Å². The zero-order valence-electron chi connectivity index (χ0n) is 11.1. The van der Waals surface area contributed by atoms with Gasteiger partial charge in [0.05, 0.1) is 0 Å². The summed E-state index contributed by atoms with van der Waals surface area (Å²) in [5.41, 5.74) is 5.93. The molecular formula is C13H25N3O. The first kappa shape index (κ1) is 14.2. The van der Waals surface area contributed by atoms with E-state index in [0.717, 1.165) is 32.7 Å². The third-order valence-electron chi connectivity index (χ3n) is 3.38. The molecule has 0 aromatic carbocycles. The first-order valence-electron chi connectivity index (χ1n) is 6.41. The Hall–Kier alpha value is -0.870. The first-order chi connectivity index (χ1) is 8.04. The monoisotopic (exact) mass is 239 g/mol. The summed E-state index contributed by atoms with van der Waals surface area (Å²) in [4.78, 5) is 16.2. The van der Waals surface area contributed by atoms with Crippen molar-refractivity contribution in [2.45, 2.75) is 26.3 Å². The van der Waals surface area contributed by atoms with Crippen LogP contribution in [0, 0.1) is 5.92 Å². The van der Waals surface area contributed by atoms with Crippen LogP contribution in [0.5, 0.6) is 0 Å². The molecule has 1 heterocycles. The number of hydrogen-bond donors (Lipinski definition) is 1. The SMILES string of the molecule is C=CCN1CCN(C(=O)CC(N)C(C)C)CC1. The van der Waals surface area contributed by atoms with E-state index in [2.05, 4.69) is 25.3 Å². The summed E-state index contributed by atoms with van der Waals surface area (Å²) < 4.78 is 0. The second-order valence-electron chi connectivity index (χ2n) is 5.08. The fourth-order valence-corrected chi connectivity index (χ4v) is 1.93. The van der Waals surface area contributed by atoms with Crippen LogP contribution in [-0.2, 0) is 4.79 Å². The van der Waals surface area contributed by atoms with Crippen molar-refractivity contribution in [2.24, 2.45) is 11.7 Å². The van der Waals surface area contributed by atoms with E-state index in [9.17, 15) is 4.79 Å². The van der Waals surface area contributed by atoms with Crippen LogP contribution >= 0.6 is 0 Å². The van der Waals surface area contributed by atoms with E-state index in [1.807, 2.05) is 11.0 Å². The third-order valence-corrected chi connectivity index (χ3v) is 3.38. The highest BCUT2D eigenvalue weighted by Gasteiger charge is 2.22. The molecule has 1 amide bonds. The molecule has 0 aromatic heterocycles. The maximum Gasteiger partial charge on any atom is 0.224 e. The fraction of sp³-hybridized carbons (Fsp3) is 0.769. The van der Waals surface area contributed by atoms with Crippen molar-refractivity contribution in [1.82, 2.24) is 9.80 Å². The van der Waals surface area contributed by atoms with Gasteiger partial charge < -0.3 is 10.6 Å². The van der Waals surface area contributed by atoms with E-state index in [1.165, 1.54) is 0 Å². The standard InChI is InChI=1S/C13H25N3O/c1-4-5-15-6-8-16(9-7-15)13(17)10-12(14)11(2)3/h4,11-12H,1,5-10,14H2,2-3H3. The van der Waals surface area contributed by atoms with Crippen molar-refractivity contribution in [3.8, 4) is 0 Å². The van der Waals surface area contributed by atoms with Crippen LogP contribution in [-0.4, -0.2) is 54.5 Å². The molecule has 1 atom stereocenters.